The lowest BCUT2D eigenvalue weighted by Gasteiger charge is -2.35. The lowest BCUT2D eigenvalue weighted by atomic mass is 9.83. The summed E-state index contributed by atoms with van der Waals surface area (Å²) in [4.78, 5) is 45.7. The summed E-state index contributed by atoms with van der Waals surface area (Å²) in [5.41, 5.74) is 1.61. The molecule has 0 unspecified atom stereocenters. The highest BCUT2D eigenvalue weighted by Gasteiger charge is 2.53. The molecule has 1 saturated carbocycles. The van der Waals surface area contributed by atoms with Gasteiger partial charge in [-0.15, -0.1) is 0 Å². The molecular formula is C27H38N4O5. The highest BCUT2D eigenvalue weighted by Crippen LogP contribution is 2.32. The van der Waals surface area contributed by atoms with E-state index in [2.05, 4.69) is 22.0 Å². The fourth-order valence-electron chi connectivity index (χ4n) is 6.25. The molecule has 196 valence electrons. The van der Waals surface area contributed by atoms with Gasteiger partial charge in [-0.05, 0) is 49.6 Å². The number of aliphatic hydroxyl groups excluding tert-OH is 1. The Morgan fingerprint density at radius 1 is 1.08 bits per heavy atom. The normalized spacial score (nSPS) is 28.3. The summed E-state index contributed by atoms with van der Waals surface area (Å²) in [6.07, 6.45) is 3.31. The molecule has 2 N–H and O–H groups in total. The number of nitrogens with zero attached hydrogens (tertiary/aromatic N) is 3. The van der Waals surface area contributed by atoms with Crippen LogP contribution in [0.1, 0.15) is 49.4 Å². The topological polar surface area (TPSA) is 102 Å². The first-order valence-electron chi connectivity index (χ1n) is 13.5. The second kappa shape index (κ2) is 10.9. The maximum atomic E-state index is 13.7. The molecule has 0 spiro atoms. The number of nitrogens with one attached hydrogen (secondary N) is 1. The number of likely N-dealkylation sites (N-methyl/N-ethyl adjacent to an activating group) is 1. The van der Waals surface area contributed by atoms with Crippen molar-refractivity contribution in [3.8, 4) is 0 Å². The van der Waals surface area contributed by atoms with Gasteiger partial charge in [0.2, 0.25) is 5.91 Å². The Labute approximate surface area is 212 Å². The van der Waals surface area contributed by atoms with Gasteiger partial charge < -0.3 is 29.9 Å². The van der Waals surface area contributed by atoms with Crippen molar-refractivity contribution >= 4 is 23.3 Å². The first-order valence-corrected chi connectivity index (χ1v) is 13.5. The van der Waals surface area contributed by atoms with Crippen molar-refractivity contribution in [1.82, 2.24) is 15.1 Å². The van der Waals surface area contributed by atoms with Crippen LogP contribution in [0.15, 0.2) is 24.3 Å². The molecule has 1 aromatic rings. The fraction of sp³-hybridized carbons (Fsp3) is 0.667. The molecule has 2 amide bonds. The van der Waals surface area contributed by atoms with Gasteiger partial charge in [0.1, 0.15) is 30.9 Å². The minimum atomic E-state index is -0.889. The maximum absolute atomic E-state index is 13.7. The third-order valence-corrected chi connectivity index (χ3v) is 8.43. The predicted octanol–water partition coefficient (Wildman–Crippen LogP) is 1.05. The highest BCUT2D eigenvalue weighted by molar-refractivity contribution is 5.99. The number of benzene rings is 1. The van der Waals surface area contributed by atoms with E-state index in [0.29, 0.717) is 5.56 Å². The molecule has 36 heavy (non-hydrogen) atoms. The minimum Gasteiger partial charge on any atom is -0.388 e. The van der Waals surface area contributed by atoms with Crippen molar-refractivity contribution in [2.24, 2.45) is 5.92 Å². The first-order chi connectivity index (χ1) is 17.5. The first kappa shape index (κ1) is 25.2. The van der Waals surface area contributed by atoms with Crippen LogP contribution in [0.25, 0.3) is 0 Å². The van der Waals surface area contributed by atoms with E-state index in [0.717, 1.165) is 70.5 Å². The molecule has 3 heterocycles. The van der Waals surface area contributed by atoms with Crippen LogP contribution >= 0.6 is 0 Å². The molecule has 4 atom stereocenters. The number of fused-ring (bicyclic) bond motifs is 1. The highest BCUT2D eigenvalue weighted by atomic mass is 16.5. The predicted molar refractivity (Wildman–Crippen MR) is 135 cm³/mol. The van der Waals surface area contributed by atoms with Gasteiger partial charge in [-0.25, -0.2) is 0 Å². The Balaban J connectivity index is 1.29. The number of hydrogen-bond donors (Lipinski definition) is 2. The quantitative estimate of drug-likeness (QED) is 0.604. The molecular weight excluding hydrogens is 460 g/mol. The molecule has 3 saturated heterocycles. The van der Waals surface area contributed by atoms with Crippen molar-refractivity contribution in [1.29, 1.82) is 0 Å². The number of ketones is 1. The summed E-state index contributed by atoms with van der Waals surface area (Å²) in [6.45, 7) is 7.20. The van der Waals surface area contributed by atoms with E-state index in [-0.39, 0.29) is 36.7 Å². The van der Waals surface area contributed by atoms with Crippen molar-refractivity contribution in [2.45, 2.75) is 63.3 Å². The van der Waals surface area contributed by atoms with Gasteiger partial charge in [0.15, 0.2) is 5.78 Å². The number of likely N-dealkylation sites (tertiary alicyclic amines) is 1. The monoisotopic (exact) mass is 498 g/mol. The molecule has 4 aliphatic rings. The molecule has 5 rings (SSSR count). The molecule has 0 aromatic heterocycles. The van der Waals surface area contributed by atoms with Crippen LogP contribution in [0.5, 0.6) is 0 Å². The number of rotatable bonds is 6. The van der Waals surface area contributed by atoms with Crippen molar-refractivity contribution in [3.05, 3.63) is 29.8 Å². The zero-order valence-corrected chi connectivity index (χ0v) is 21.1. The van der Waals surface area contributed by atoms with Crippen LogP contribution < -0.4 is 10.2 Å². The molecule has 3 aliphatic heterocycles. The Kier molecular flexibility index (Phi) is 7.60. The van der Waals surface area contributed by atoms with Gasteiger partial charge in [-0.1, -0.05) is 26.2 Å². The number of ether oxygens (including phenoxy) is 1. The summed E-state index contributed by atoms with van der Waals surface area (Å²) in [7, 11) is 0. The van der Waals surface area contributed by atoms with Crippen LogP contribution in [-0.2, 0) is 14.3 Å². The molecule has 4 fully saturated rings. The van der Waals surface area contributed by atoms with E-state index in [1.54, 1.807) is 0 Å². The van der Waals surface area contributed by atoms with Gasteiger partial charge in [0.25, 0.3) is 5.91 Å². The minimum absolute atomic E-state index is 0.0120. The second-order valence-electron chi connectivity index (χ2n) is 10.6. The second-order valence-corrected chi connectivity index (χ2v) is 10.6. The van der Waals surface area contributed by atoms with Crippen LogP contribution in [-0.4, -0.2) is 103 Å². The number of aliphatic hydroxyl groups is 1. The van der Waals surface area contributed by atoms with Gasteiger partial charge >= 0.3 is 0 Å². The zero-order chi connectivity index (χ0) is 25.2. The number of Topliss-reactive ketones (excluding diaryl/α,β-unsaturated/α-hetero) is 1. The van der Waals surface area contributed by atoms with Crippen molar-refractivity contribution in [2.75, 3.05) is 50.8 Å². The molecule has 1 aliphatic carbocycles. The van der Waals surface area contributed by atoms with Gasteiger partial charge in [0, 0.05) is 37.4 Å². The average molecular weight is 499 g/mol. The standard InChI is InChI=1S/C27H38N4O5/c1-2-29-12-14-30(15-13-29)20-10-8-19(9-11-20)26(34)28-23(18-6-4-3-5-7-18)27(35)31-16-21(32)25-24(31)22(33)17-36-25/h8-11,18,21,23-25,32H,2-7,12-17H2,1H3,(H,28,34)/t21-,23-,24+,25+/m0/s1. The molecule has 1 aromatic carbocycles. The lowest BCUT2D eigenvalue weighted by Crippen LogP contribution is -2.55. The zero-order valence-electron chi connectivity index (χ0n) is 21.1. The summed E-state index contributed by atoms with van der Waals surface area (Å²) >= 11 is 0. The maximum Gasteiger partial charge on any atom is 0.251 e. The Hall–Kier alpha value is -2.49. The Bertz CT molecular complexity index is 955. The smallest absolute Gasteiger partial charge is 0.251 e. The van der Waals surface area contributed by atoms with Crippen molar-refractivity contribution < 1.29 is 24.2 Å². The van der Waals surface area contributed by atoms with E-state index >= 15 is 0 Å². The fourth-order valence-corrected chi connectivity index (χ4v) is 6.25. The summed E-state index contributed by atoms with van der Waals surface area (Å²) in [6, 6.07) is 6.11. The van der Waals surface area contributed by atoms with Gasteiger partial charge in [0.05, 0.1) is 6.54 Å². The van der Waals surface area contributed by atoms with E-state index < -0.39 is 24.3 Å². The van der Waals surface area contributed by atoms with Crippen LogP contribution in [0.4, 0.5) is 5.69 Å². The third-order valence-electron chi connectivity index (χ3n) is 8.43. The number of hydrogen-bond acceptors (Lipinski definition) is 7. The number of piperazine rings is 1. The van der Waals surface area contributed by atoms with E-state index in [1.165, 1.54) is 4.90 Å². The number of amides is 2. The molecule has 0 bridgehead atoms. The number of β-amino-alcohol motifs (C(OH)–C–C–N with tert-alkyl or cyclic N) is 1. The van der Waals surface area contributed by atoms with E-state index in [4.69, 9.17) is 4.74 Å². The van der Waals surface area contributed by atoms with Gasteiger partial charge in [-0.2, -0.15) is 0 Å². The number of anilines is 1. The van der Waals surface area contributed by atoms with Crippen molar-refractivity contribution in [3.63, 3.8) is 0 Å². The van der Waals surface area contributed by atoms with E-state index in [1.807, 2.05) is 24.3 Å². The molecule has 0 radical (unpaired) electrons. The Morgan fingerprint density at radius 3 is 2.44 bits per heavy atom. The largest absolute Gasteiger partial charge is 0.388 e. The van der Waals surface area contributed by atoms with Crippen LogP contribution in [0.2, 0.25) is 0 Å². The van der Waals surface area contributed by atoms with Crippen LogP contribution in [0.3, 0.4) is 0 Å². The molecule has 9 heteroatoms. The number of carbonyl (C=O) groups is 3. The lowest BCUT2D eigenvalue weighted by molar-refractivity contribution is -0.139. The molecule has 9 nitrogen and oxygen atoms in total. The van der Waals surface area contributed by atoms with Gasteiger partial charge in [-0.3, -0.25) is 14.4 Å². The summed E-state index contributed by atoms with van der Waals surface area (Å²) in [5.74, 6) is -0.746. The summed E-state index contributed by atoms with van der Waals surface area (Å²) < 4.78 is 5.44. The Morgan fingerprint density at radius 2 is 1.78 bits per heavy atom. The third kappa shape index (κ3) is 5.01. The number of carbonyl (C=O) groups excluding carboxylic acids is 3. The van der Waals surface area contributed by atoms with Crippen LogP contribution in [0, 0.1) is 5.92 Å². The average Bonchev–Trinajstić information content (AvgIpc) is 3.47. The summed E-state index contributed by atoms with van der Waals surface area (Å²) in [5, 5.41) is 13.4. The van der Waals surface area contributed by atoms with E-state index in [9.17, 15) is 19.5 Å². The SMILES string of the molecule is CCN1CCN(c2ccc(C(=O)N[C@H](C(=O)N3C[C@H](O)[C@H]4OCC(=O)[C@H]43)C3CCCCC3)cc2)CC1.